The molecule has 147 heavy (non-hydrogen) atoms. The minimum absolute atomic E-state index is 0.420. The number of Topliss-reactive ketones (excluding diaryl/α,β-unsaturated/α-hetero) is 2. The van der Waals surface area contributed by atoms with Crippen LogP contribution in [0.4, 0.5) is 0 Å². The second-order valence-corrected chi connectivity index (χ2v) is 37.3. The Morgan fingerprint density at radius 1 is 0.361 bits per heavy atom. The molecular formula is C119H96BI2N17O8. The number of hydrogen-bond acceptors (Lipinski definition) is 18. The largest absolute Gasteiger partial charge is 0.497 e. The minimum Gasteiger partial charge on any atom is -0.497 e. The Morgan fingerprint density at radius 2 is 0.721 bits per heavy atom. The maximum absolute atomic E-state index is 11.2. The van der Waals surface area contributed by atoms with Gasteiger partial charge in [0, 0.05) is 139 Å². The molecule has 0 aliphatic carbocycles. The Bertz CT molecular complexity index is 8830. The van der Waals surface area contributed by atoms with E-state index in [2.05, 4.69) is 261 Å². The molecule has 28 heteroatoms. The predicted octanol–water partition coefficient (Wildman–Crippen LogP) is 24.8. The first-order chi connectivity index (χ1) is 71.8. The summed E-state index contributed by atoms with van der Waals surface area (Å²) in [4.78, 5) is 70.9. The van der Waals surface area contributed by atoms with E-state index in [-0.39, 0.29) is 0 Å². The van der Waals surface area contributed by atoms with Gasteiger partial charge in [-0.2, -0.15) is 20.4 Å². The van der Waals surface area contributed by atoms with E-state index in [0.717, 1.165) is 217 Å². The molecule has 0 aliphatic rings. The Labute approximate surface area is 873 Å². The smallest absolute Gasteiger partial charge is 0.490 e. The van der Waals surface area contributed by atoms with Crippen molar-refractivity contribution in [2.45, 2.75) is 47.3 Å². The number of ether oxygens (including phenoxy) is 3. The molecule has 0 saturated carbocycles. The number of ketones is 2. The predicted molar refractivity (Wildman–Crippen MR) is 600 cm³/mol. The van der Waals surface area contributed by atoms with Crippen LogP contribution in [-0.4, -0.2) is 141 Å². The molecule has 10 aromatic heterocycles. The number of fused-ring (bicyclic) bond motifs is 7. The van der Waals surface area contributed by atoms with Crippen LogP contribution in [0.1, 0.15) is 61.5 Å². The zero-order chi connectivity index (χ0) is 102. The van der Waals surface area contributed by atoms with Crippen LogP contribution in [0.3, 0.4) is 0 Å². The number of nitrogens with one attached hydrogen (secondary N) is 4. The van der Waals surface area contributed by atoms with Crippen LogP contribution >= 0.6 is 45.2 Å². The van der Waals surface area contributed by atoms with Crippen molar-refractivity contribution in [1.29, 1.82) is 0 Å². The summed E-state index contributed by atoms with van der Waals surface area (Å²) >= 11 is 4.58. The van der Waals surface area contributed by atoms with Gasteiger partial charge >= 0.3 is 7.12 Å². The topological polar surface area (TPSA) is 326 Å². The number of aldehydes is 1. The number of nitrogens with zero attached hydrogens (tertiary/aromatic N) is 13. The molecule has 14 aromatic carbocycles. The van der Waals surface area contributed by atoms with Crippen LogP contribution in [0.25, 0.3) is 167 Å². The lowest BCUT2D eigenvalue weighted by Crippen LogP contribution is -2.30. The number of carbonyl (C=O) groups excluding carboxylic acids is 3. The Morgan fingerprint density at radius 3 is 1.15 bits per heavy atom. The van der Waals surface area contributed by atoms with Crippen molar-refractivity contribution in [2.24, 2.45) is 0 Å². The van der Waals surface area contributed by atoms with Gasteiger partial charge in [0.05, 0.1) is 80.1 Å². The van der Waals surface area contributed by atoms with Crippen LogP contribution in [0.2, 0.25) is 0 Å². The number of hydrogen-bond donors (Lipinski definition) is 6. The summed E-state index contributed by atoms with van der Waals surface area (Å²) in [5, 5.41) is 50.7. The molecule has 0 saturated heterocycles. The summed E-state index contributed by atoms with van der Waals surface area (Å²) < 4.78 is 24.0. The van der Waals surface area contributed by atoms with Crippen molar-refractivity contribution in [3.05, 3.63) is 429 Å². The monoisotopic (exact) mass is 2160 g/mol. The quantitative estimate of drug-likeness (QED) is 0.0128. The summed E-state index contributed by atoms with van der Waals surface area (Å²) in [6.07, 6.45) is 11.6. The van der Waals surface area contributed by atoms with E-state index in [1.54, 1.807) is 57.9 Å². The number of halogens is 2. The first kappa shape index (κ1) is 98.5. The molecule has 0 fully saturated rings. The fourth-order valence-corrected chi connectivity index (χ4v) is 18.7. The third kappa shape index (κ3) is 22.2. The molecule has 0 bridgehead atoms. The van der Waals surface area contributed by atoms with Crippen molar-refractivity contribution < 1.29 is 38.6 Å². The number of H-pyrrole nitrogens is 4. The molecule has 0 aliphatic heterocycles. The van der Waals surface area contributed by atoms with Gasteiger partial charge < -0.3 is 39.2 Å². The highest BCUT2D eigenvalue weighted by molar-refractivity contribution is 14.1. The number of aromatic amines is 4. The number of methoxy groups -OCH3 is 3. The highest BCUT2D eigenvalue weighted by Crippen LogP contribution is 2.40. The first-order valence-electron chi connectivity index (χ1n) is 47.3. The highest BCUT2D eigenvalue weighted by atomic mass is 127. The number of carbonyl (C=O) groups is 3. The standard InChI is InChI=1S/C34H27N5O.C26H19N5.C25H21IN4O.C16H13IN2O2.C9H8BNO2.C9H8O2/c1-22-32(24-8-4-3-5-9-24)37-34(36-22)33-29-18-25(30-20-35-19-26-10-6-7-11-28(26)30)14-17-31(29)39(38-33)21-23-12-15-27(40-2)16-13-23;1-16-24(17-7-3-2-4-8-17)29-26(28-16)25-21-13-18(11-12-23(21)30-31-25)22-15-27-14-19-9-5-6-10-20(19)22;1-16-23(18-6-4-3-5-7-18)28-25(27-16)24-21-14-19(26)10-13-22(21)30(29-24)15-17-8-11-20(31-2)12-9-17;1-21-13-5-2-11(3-6-13)9-19-16-7-4-12(17)8-14(16)15(10-20)18-19;12-10(13)9-6-11-5-7-3-1-2-4-8(7)9;1-7(10)9(11)8-5-3-2-4-6-8/h3-20H,21H2,1-2H3,(H,36,37);2-15H,1H3,(H,28,29)(H,30,31);3-14H,15H2,1-2H3,(H,27,28);2-8,10H,9H2,1H3;1-6,12-13H;2-6H,1H3. The van der Waals surface area contributed by atoms with Gasteiger partial charge in [0.2, 0.25) is 5.78 Å². The van der Waals surface area contributed by atoms with Crippen LogP contribution in [-0.2, 0) is 24.4 Å². The molecule has 25 nitrogen and oxygen atoms in total. The molecule has 10 heterocycles. The van der Waals surface area contributed by atoms with Crippen LogP contribution in [0, 0.1) is 27.9 Å². The average Bonchev–Trinajstić information content (AvgIpc) is 1.65. The second kappa shape index (κ2) is 45.1. The van der Waals surface area contributed by atoms with Crippen molar-refractivity contribution in [3.63, 3.8) is 0 Å². The molecule has 0 radical (unpaired) electrons. The molecule has 0 unspecified atom stereocenters. The Balaban J connectivity index is 0.000000116. The van der Waals surface area contributed by atoms with Gasteiger partial charge in [0.1, 0.15) is 40.0 Å². The fraction of sp³-hybridized carbons (Fsp3) is 0.0840. The van der Waals surface area contributed by atoms with Gasteiger partial charge in [-0.1, -0.05) is 243 Å². The zero-order valence-corrected chi connectivity index (χ0v) is 85.3. The zero-order valence-electron chi connectivity index (χ0n) is 81.0. The first-order valence-corrected chi connectivity index (χ1v) is 49.4. The lowest BCUT2D eigenvalue weighted by atomic mass is 9.78. The average molecular weight is 2160 g/mol. The van der Waals surface area contributed by atoms with Crippen LogP contribution < -0.4 is 19.7 Å². The lowest BCUT2D eigenvalue weighted by Gasteiger charge is -2.08. The number of pyridine rings is 3. The SMILES string of the molecule is CC(=O)C(=O)c1ccccc1.COc1ccc(Cn2nc(-c3nc(-c4ccccc4)c(C)[nH]3)c3cc(-c4cncc5ccccc45)ccc32)cc1.COc1ccc(Cn2nc(-c3nc(-c4ccccc4)c(C)[nH]3)c3cc(I)ccc32)cc1.COc1ccc(Cn2nc(C=O)c3cc(I)ccc32)cc1.Cc1[nH]c(-c2n[nH]c3ccc(-c4cncc5ccccc45)cc23)nc1-c1ccccc1.OB(O)c1cncc2ccccc12. The molecule has 24 aromatic rings. The molecule has 722 valence electrons. The van der Waals surface area contributed by atoms with Crippen molar-refractivity contribution >= 4 is 152 Å². The summed E-state index contributed by atoms with van der Waals surface area (Å²) in [5.41, 5.74) is 24.9. The van der Waals surface area contributed by atoms with Gasteiger partial charge in [-0.3, -0.25) is 48.5 Å². The van der Waals surface area contributed by atoms with Gasteiger partial charge in [-0.15, -0.1) is 0 Å². The normalized spacial score (nSPS) is 11.0. The number of aromatic nitrogens is 17. The van der Waals surface area contributed by atoms with E-state index < -0.39 is 18.7 Å². The maximum atomic E-state index is 11.2. The van der Waals surface area contributed by atoms with E-state index >= 15 is 0 Å². The molecule has 0 atom stereocenters. The van der Waals surface area contributed by atoms with Gasteiger partial charge in [0.25, 0.3) is 0 Å². The van der Waals surface area contributed by atoms with Gasteiger partial charge in [0.15, 0.2) is 29.5 Å². The fourth-order valence-electron chi connectivity index (χ4n) is 17.7. The van der Waals surface area contributed by atoms with E-state index in [9.17, 15) is 14.4 Å². The summed E-state index contributed by atoms with van der Waals surface area (Å²) in [7, 11) is 3.55. The summed E-state index contributed by atoms with van der Waals surface area (Å²) in [6, 6.07) is 113. The highest BCUT2D eigenvalue weighted by Gasteiger charge is 2.25. The lowest BCUT2D eigenvalue weighted by molar-refractivity contribution is -0.113. The van der Waals surface area contributed by atoms with Gasteiger partial charge in [-0.05, 0) is 212 Å². The molecule has 0 amide bonds. The van der Waals surface area contributed by atoms with E-state index in [0.29, 0.717) is 36.4 Å². The molecule has 6 N–H and O–H groups in total. The minimum atomic E-state index is -1.46. The van der Waals surface area contributed by atoms with Crippen molar-refractivity contribution in [1.82, 2.24) is 84.4 Å². The summed E-state index contributed by atoms with van der Waals surface area (Å²) in [5.74, 6) is 3.97. The number of benzene rings is 14. The maximum Gasteiger partial charge on any atom is 0.490 e. The van der Waals surface area contributed by atoms with Crippen molar-refractivity contribution in [3.8, 4) is 108 Å². The third-order valence-electron chi connectivity index (χ3n) is 25.1. The van der Waals surface area contributed by atoms with E-state index in [1.807, 2.05) is 199 Å². The molecule has 24 rings (SSSR count). The van der Waals surface area contributed by atoms with Crippen molar-refractivity contribution in [2.75, 3.05) is 21.3 Å². The number of rotatable bonds is 21. The van der Waals surface area contributed by atoms with Gasteiger partial charge in [-0.25, -0.2) is 15.0 Å². The molecular weight excluding hydrogens is 2060 g/mol. The second-order valence-electron chi connectivity index (χ2n) is 34.8. The third-order valence-corrected chi connectivity index (χ3v) is 26.5. The van der Waals surface area contributed by atoms with Crippen LogP contribution in [0.5, 0.6) is 17.2 Å². The Hall–Kier alpha value is -17.3. The number of aryl methyl sites for hydroxylation is 3. The number of imidazole rings is 3. The van der Waals surface area contributed by atoms with Crippen LogP contribution in [0.15, 0.2) is 377 Å². The Kier molecular flexibility index (Phi) is 30.2. The van der Waals surface area contributed by atoms with E-state index in [1.165, 1.54) is 27.5 Å². The van der Waals surface area contributed by atoms with E-state index in [4.69, 9.17) is 49.4 Å². The molecule has 0 spiro atoms. The summed E-state index contributed by atoms with van der Waals surface area (Å²) in [6.45, 7) is 9.35.